The number of ether oxygens (including phenoxy) is 3. The highest BCUT2D eigenvalue weighted by Crippen LogP contribution is 2.29. The van der Waals surface area contributed by atoms with Crippen LogP contribution in [-0.2, 0) is 27.3 Å². The molecule has 5 nitrogen and oxygen atoms in total. The van der Waals surface area contributed by atoms with Crippen molar-refractivity contribution >= 4 is 5.78 Å². The van der Waals surface area contributed by atoms with E-state index in [1.54, 1.807) is 25.3 Å². The average molecular weight is 386 g/mol. The predicted molar refractivity (Wildman–Crippen MR) is 109 cm³/mol. The molecular formula is C23H30O5. The normalized spacial score (nSPS) is 11.4. The first kappa shape index (κ1) is 21.9. The summed E-state index contributed by atoms with van der Waals surface area (Å²) in [5.41, 5.74) is 1.28. The Bertz CT molecular complexity index is 740. The van der Waals surface area contributed by atoms with Crippen LogP contribution in [0.2, 0.25) is 0 Å². The van der Waals surface area contributed by atoms with E-state index < -0.39 is 5.41 Å². The second-order valence-corrected chi connectivity index (χ2v) is 7.46. The van der Waals surface area contributed by atoms with E-state index in [1.807, 2.05) is 44.2 Å². The Morgan fingerprint density at radius 2 is 1.79 bits per heavy atom. The second-order valence-electron chi connectivity index (χ2n) is 7.46. The van der Waals surface area contributed by atoms with Gasteiger partial charge in [-0.2, -0.15) is 0 Å². The van der Waals surface area contributed by atoms with Crippen LogP contribution in [0, 0.1) is 5.41 Å². The number of phenolic OH excluding ortho intramolecular Hbond substituents is 1. The maximum atomic E-state index is 12.8. The number of ketones is 1. The van der Waals surface area contributed by atoms with Crippen LogP contribution in [0.25, 0.3) is 0 Å². The van der Waals surface area contributed by atoms with E-state index in [0.717, 1.165) is 17.5 Å². The van der Waals surface area contributed by atoms with Crippen molar-refractivity contribution in [2.45, 2.75) is 33.3 Å². The van der Waals surface area contributed by atoms with E-state index in [-0.39, 0.29) is 18.0 Å². The van der Waals surface area contributed by atoms with Gasteiger partial charge in [-0.15, -0.1) is 0 Å². The Kier molecular flexibility index (Phi) is 8.48. The van der Waals surface area contributed by atoms with E-state index >= 15 is 0 Å². The summed E-state index contributed by atoms with van der Waals surface area (Å²) in [6, 6.07) is 14.9. The molecule has 2 rings (SSSR count). The molecule has 0 fully saturated rings. The molecule has 0 spiro atoms. The van der Waals surface area contributed by atoms with Gasteiger partial charge in [0.1, 0.15) is 5.78 Å². The molecule has 5 heteroatoms. The first-order chi connectivity index (χ1) is 13.4. The van der Waals surface area contributed by atoms with E-state index in [9.17, 15) is 9.90 Å². The van der Waals surface area contributed by atoms with E-state index in [4.69, 9.17) is 14.2 Å². The molecule has 0 atom stereocenters. The maximum absolute atomic E-state index is 12.8. The standard InChI is InChI=1S/C23H30O5/c1-23(2,17-27-16-18-8-5-4-6-9-18)22(25)15-19-10-11-20(24)21(14-19)28-13-7-12-26-3/h4-6,8-11,14,24H,7,12-13,15-17H2,1-3H3. The van der Waals surface area contributed by atoms with Gasteiger partial charge in [0.05, 0.1) is 19.8 Å². The number of Topliss-reactive ketones (excluding diaryl/α,β-unsaturated/α-hetero) is 1. The van der Waals surface area contributed by atoms with Crippen molar-refractivity contribution in [1.29, 1.82) is 0 Å². The number of aromatic hydroxyl groups is 1. The highest BCUT2D eigenvalue weighted by molar-refractivity contribution is 5.86. The van der Waals surface area contributed by atoms with Crippen LogP contribution in [0.4, 0.5) is 0 Å². The minimum absolute atomic E-state index is 0.0686. The zero-order valence-corrected chi connectivity index (χ0v) is 16.9. The first-order valence-corrected chi connectivity index (χ1v) is 9.51. The summed E-state index contributed by atoms with van der Waals surface area (Å²) in [5.74, 6) is 0.537. The fourth-order valence-electron chi connectivity index (χ4n) is 2.67. The third-order valence-corrected chi connectivity index (χ3v) is 4.47. The van der Waals surface area contributed by atoms with Crippen LogP contribution in [0.5, 0.6) is 11.5 Å². The molecule has 0 aromatic heterocycles. The number of hydrogen-bond donors (Lipinski definition) is 1. The maximum Gasteiger partial charge on any atom is 0.161 e. The van der Waals surface area contributed by atoms with Crippen molar-refractivity contribution in [1.82, 2.24) is 0 Å². The monoisotopic (exact) mass is 386 g/mol. The van der Waals surface area contributed by atoms with Gasteiger partial charge in [-0.1, -0.05) is 50.2 Å². The number of methoxy groups -OCH3 is 1. The van der Waals surface area contributed by atoms with Gasteiger partial charge < -0.3 is 19.3 Å². The number of rotatable bonds is 12. The minimum atomic E-state index is -0.605. The molecule has 28 heavy (non-hydrogen) atoms. The summed E-state index contributed by atoms with van der Waals surface area (Å²) >= 11 is 0. The van der Waals surface area contributed by atoms with Crippen LogP contribution in [0.1, 0.15) is 31.4 Å². The minimum Gasteiger partial charge on any atom is -0.504 e. The Balaban J connectivity index is 1.89. The lowest BCUT2D eigenvalue weighted by atomic mass is 9.85. The molecule has 0 saturated heterocycles. The zero-order valence-electron chi connectivity index (χ0n) is 16.9. The summed E-state index contributed by atoms with van der Waals surface area (Å²) in [6.45, 7) is 5.65. The molecule has 0 aliphatic carbocycles. The fraction of sp³-hybridized carbons (Fsp3) is 0.435. The van der Waals surface area contributed by atoms with Crippen LogP contribution >= 0.6 is 0 Å². The van der Waals surface area contributed by atoms with Crippen LogP contribution < -0.4 is 4.74 Å². The van der Waals surface area contributed by atoms with Gasteiger partial charge in [0.25, 0.3) is 0 Å². The second kappa shape index (κ2) is 10.8. The highest BCUT2D eigenvalue weighted by atomic mass is 16.5. The summed E-state index contributed by atoms with van der Waals surface area (Å²) in [6.07, 6.45) is 0.987. The van der Waals surface area contributed by atoms with Crippen molar-refractivity contribution in [3.05, 3.63) is 59.7 Å². The Morgan fingerprint density at radius 1 is 1.04 bits per heavy atom. The molecule has 0 aliphatic rings. The summed E-state index contributed by atoms with van der Waals surface area (Å²) in [4.78, 5) is 12.8. The number of carbonyl (C=O) groups excluding carboxylic acids is 1. The van der Waals surface area contributed by atoms with Gasteiger partial charge in [-0.25, -0.2) is 0 Å². The molecule has 0 radical (unpaired) electrons. The summed E-state index contributed by atoms with van der Waals surface area (Å²) in [7, 11) is 1.63. The van der Waals surface area contributed by atoms with Gasteiger partial charge in [-0.05, 0) is 23.3 Å². The summed E-state index contributed by atoms with van der Waals surface area (Å²) < 4.78 is 16.3. The summed E-state index contributed by atoms with van der Waals surface area (Å²) in [5, 5.41) is 9.95. The number of benzene rings is 2. The fourth-order valence-corrected chi connectivity index (χ4v) is 2.67. The van der Waals surface area contributed by atoms with E-state index in [1.165, 1.54) is 0 Å². The van der Waals surface area contributed by atoms with Crippen LogP contribution in [0.3, 0.4) is 0 Å². The van der Waals surface area contributed by atoms with E-state index in [0.29, 0.717) is 32.2 Å². The molecule has 1 N–H and O–H groups in total. The van der Waals surface area contributed by atoms with Gasteiger partial charge in [0.2, 0.25) is 0 Å². The molecule has 2 aromatic carbocycles. The number of phenols is 1. The van der Waals surface area contributed by atoms with Gasteiger partial charge in [-0.3, -0.25) is 4.79 Å². The molecule has 0 heterocycles. The van der Waals surface area contributed by atoms with Crippen molar-refractivity contribution in [3.63, 3.8) is 0 Å². The molecule has 0 saturated carbocycles. The van der Waals surface area contributed by atoms with Crippen molar-refractivity contribution in [3.8, 4) is 11.5 Å². The zero-order chi connectivity index (χ0) is 20.4. The lowest BCUT2D eigenvalue weighted by Gasteiger charge is -2.23. The molecule has 152 valence electrons. The Morgan fingerprint density at radius 3 is 2.50 bits per heavy atom. The third-order valence-electron chi connectivity index (χ3n) is 4.47. The Labute approximate surface area is 167 Å². The molecule has 2 aromatic rings. The largest absolute Gasteiger partial charge is 0.504 e. The molecule has 0 amide bonds. The lowest BCUT2D eigenvalue weighted by molar-refractivity contribution is -0.129. The quantitative estimate of drug-likeness (QED) is 0.555. The highest BCUT2D eigenvalue weighted by Gasteiger charge is 2.28. The third kappa shape index (κ3) is 6.98. The Hall–Kier alpha value is -2.37. The van der Waals surface area contributed by atoms with Gasteiger partial charge in [0, 0.05) is 32.0 Å². The molecule has 0 bridgehead atoms. The van der Waals surface area contributed by atoms with Gasteiger partial charge in [0.15, 0.2) is 11.5 Å². The number of hydrogen-bond acceptors (Lipinski definition) is 5. The van der Waals surface area contributed by atoms with Gasteiger partial charge >= 0.3 is 0 Å². The van der Waals surface area contributed by atoms with E-state index in [2.05, 4.69) is 0 Å². The van der Waals surface area contributed by atoms with Crippen LogP contribution in [0.15, 0.2) is 48.5 Å². The lowest BCUT2D eigenvalue weighted by Crippen LogP contribution is -2.31. The topological polar surface area (TPSA) is 65.0 Å². The van der Waals surface area contributed by atoms with Crippen molar-refractivity contribution < 1.29 is 24.1 Å². The molecule has 0 unspecified atom stereocenters. The smallest absolute Gasteiger partial charge is 0.161 e. The van der Waals surface area contributed by atoms with Crippen LogP contribution in [-0.4, -0.2) is 37.8 Å². The van der Waals surface area contributed by atoms with Crippen molar-refractivity contribution in [2.75, 3.05) is 26.9 Å². The first-order valence-electron chi connectivity index (χ1n) is 9.51. The SMILES string of the molecule is COCCCOc1cc(CC(=O)C(C)(C)COCc2ccccc2)ccc1O. The molecular weight excluding hydrogens is 356 g/mol. The molecule has 0 aliphatic heterocycles. The average Bonchev–Trinajstić information content (AvgIpc) is 2.68. The predicted octanol–water partition coefficient (Wildman–Crippen LogP) is 4.16. The van der Waals surface area contributed by atoms with Crippen molar-refractivity contribution in [2.24, 2.45) is 5.41 Å². The number of carbonyl (C=O) groups is 1.